The molecule has 0 bridgehead atoms. The quantitative estimate of drug-likeness (QED) is 0.911. The molecule has 0 aliphatic carbocycles. The van der Waals surface area contributed by atoms with Gasteiger partial charge in [0.05, 0.1) is 5.41 Å². The van der Waals surface area contributed by atoms with Crippen molar-refractivity contribution < 1.29 is 14.7 Å². The molecule has 3 heterocycles. The van der Waals surface area contributed by atoms with Gasteiger partial charge in [0, 0.05) is 18.0 Å². The molecule has 2 aliphatic rings. The molecule has 0 spiro atoms. The number of thiophene rings is 1. The SMILES string of the molecule is C[C@@]1(C(=O)O)CCN(C(=O)[C@@H]2SCCc3sccc32)C1. The van der Waals surface area contributed by atoms with E-state index in [0.717, 1.165) is 17.7 Å². The second-order valence-electron chi connectivity index (χ2n) is 5.68. The van der Waals surface area contributed by atoms with Gasteiger partial charge in [-0.15, -0.1) is 23.1 Å². The Morgan fingerprint density at radius 2 is 2.30 bits per heavy atom. The number of carbonyl (C=O) groups is 2. The number of thioether (sulfide) groups is 1. The van der Waals surface area contributed by atoms with Crippen LogP contribution in [0.3, 0.4) is 0 Å². The van der Waals surface area contributed by atoms with Gasteiger partial charge in [0.2, 0.25) is 5.91 Å². The summed E-state index contributed by atoms with van der Waals surface area (Å²) in [5, 5.41) is 11.2. The van der Waals surface area contributed by atoms with Gasteiger partial charge in [-0.05, 0) is 42.5 Å². The number of likely N-dealkylation sites (tertiary alicyclic amines) is 1. The largest absolute Gasteiger partial charge is 0.481 e. The van der Waals surface area contributed by atoms with Crippen molar-refractivity contribution in [1.82, 2.24) is 4.90 Å². The van der Waals surface area contributed by atoms with Gasteiger partial charge in [-0.2, -0.15) is 0 Å². The molecule has 1 saturated heterocycles. The minimum atomic E-state index is -0.805. The first-order valence-corrected chi connectivity index (χ1v) is 8.64. The highest BCUT2D eigenvalue weighted by Crippen LogP contribution is 2.42. The maximum Gasteiger partial charge on any atom is 0.311 e. The van der Waals surface area contributed by atoms with Crippen molar-refractivity contribution in [1.29, 1.82) is 0 Å². The van der Waals surface area contributed by atoms with E-state index in [1.807, 2.05) is 11.4 Å². The third-order valence-corrected chi connectivity index (χ3v) is 6.43. The molecule has 6 heteroatoms. The summed E-state index contributed by atoms with van der Waals surface area (Å²) in [7, 11) is 0. The number of hydrogen-bond donors (Lipinski definition) is 1. The van der Waals surface area contributed by atoms with Crippen LogP contribution in [0.15, 0.2) is 11.4 Å². The summed E-state index contributed by atoms with van der Waals surface area (Å²) in [6.07, 6.45) is 1.58. The molecular formula is C14H17NO3S2. The van der Waals surface area contributed by atoms with E-state index >= 15 is 0 Å². The Morgan fingerprint density at radius 3 is 3.00 bits per heavy atom. The van der Waals surface area contributed by atoms with Crippen LogP contribution in [0.1, 0.15) is 29.0 Å². The first kappa shape index (κ1) is 13.9. The Kier molecular flexibility index (Phi) is 3.54. The van der Waals surface area contributed by atoms with Crippen molar-refractivity contribution in [2.24, 2.45) is 5.41 Å². The zero-order valence-electron chi connectivity index (χ0n) is 11.3. The van der Waals surface area contributed by atoms with Gasteiger partial charge in [-0.25, -0.2) is 0 Å². The topological polar surface area (TPSA) is 57.6 Å². The van der Waals surface area contributed by atoms with E-state index in [4.69, 9.17) is 0 Å². The Morgan fingerprint density at radius 1 is 1.50 bits per heavy atom. The van der Waals surface area contributed by atoms with Crippen molar-refractivity contribution in [2.45, 2.75) is 25.0 Å². The van der Waals surface area contributed by atoms with Gasteiger partial charge in [-0.3, -0.25) is 9.59 Å². The number of amides is 1. The minimum Gasteiger partial charge on any atom is -0.481 e. The van der Waals surface area contributed by atoms with Crippen molar-refractivity contribution in [3.63, 3.8) is 0 Å². The van der Waals surface area contributed by atoms with Gasteiger partial charge in [-0.1, -0.05) is 0 Å². The molecule has 108 valence electrons. The fourth-order valence-corrected chi connectivity index (χ4v) is 5.21. The molecule has 0 aromatic carbocycles. The molecule has 20 heavy (non-hydrogen) atoms. The fourth-order valence-electron chi connectivity index (χ4n) is 2.84. The van der Waals surface area contributed by atoms with Crippen LogP contribution < -0.4 is 0 Å². The van der Waals surface area contributed by atoms with Gasteiger partial charge in [0.25, 0.3) is 0 Å². The number of carboxylic acids is 1. The molecule has 1 aromatic rings. The average Bonchev–Trinajstić information content (AvgIpc) is 3.04. The lowest BCUT2D eigenvalue weighted by Crippen LogP contribution is -2.37. The van der Waals surface area contributed by atoms with Crippen molar-refractivity contribution in [2.75, 3.05) is 18.8 Å². The number of fused-ring (bicyclic) bond motifs is 1. The Hall–Kier alpha value is -1.01. The van der Waals surface area contributed by atoms with E-state index in [0.29, 0.717) is 19.5 Å². The molecule has 2 aliphatic heterocycles. The molecular weight excluding hydrogens is 294 g/mol. The van der Waals surface area contributed by atoms with Crippen LogP contribution in [0.5, 0.6) is 0 Å². The average molecular weight is 311 g/mol. The van der Waals surface area contributed by atoms with Crippen LogP contribution in [-0.4, -0.2) is 40.7 Å². The summed E-state index contributed by atoms with van der Waals surface area (Å²) in [5.74, 6) is 0.244. The third kappa shape index (κ3) is 2.24. The highest BCUT2D eigenvalue weighted by atomic mass is 32.2. The maximum absolute atomic E-state index is 12.7. The number of nitrogens with zero attached hydrogens (tertiary/aromatic N) is 1. The molecule has 3 rings (SSSR count). The lowest BCUT2D eigenvalue weighted by molar-refractivity contribution is -0.147. The van der Waals surface area contributed by atoms with E-state index in [2.05, 4.69) is 0 Å². The third-order valence-electron chi connectivity index (χ3n) is 4.20. The summed E-state index contributed by atoms with van der Waals surface area (Å²) in [5.41, 5.74) is 0.354. The Labute approximate surface area is 126 Å². The minimum absolute atomic E-state index is 0.0827. The summed E-state index contributed by atoms with van der Waals surface area (Å²) < 4.78 is 0. The number of carboxylic acid groups (broad SMARTS) is 1. The van der Waals surface area contributed by atoms with Crippen LogP contribution in [0.25, 0.3) is 0 Å². The number of carbonyl (C=O) groups excluding carboxylic acids is 1. The van der Waals surface area contributed by atoms with E-state index in [9.17, 15) is 14.7 Å². The van der Waals surface area contributed by atoms with Crippen LogP contribution in [0.2, 0.25) is 0 Å². The predicted octanol–water partition coefficient (Wildman–Crippen LogP) is 2.40. The van der Waals surface area contributed by atoms with E-state index in [1.165, 1.54) is 4.88 Å². The van der Waals surface area contributed by atoms with Crippen molar-refractivity contribution in [3.05, 3.63) is 21.9 Å². The molecule has 1 fully saturated rings. The zero-order chi connectivity index (χ0) is 14.3. The van der Waals surface area contributed by atoms with Gasteiger partial charge in [0.15, 0.2) is 0 Å². The zero-order valence-corrected chi connectivity index (χ0v) is 12.9. The fraction of sp³-hybridized carbons (Fsp3) is 0.571. The highest BCUT2D eigenvalue weighted by Gasteiger charge is 2.44. The van der Waals surface area contributed by atoms with Crippen LogP contribution >= 0.6 is 23.1 Å². The Bertz CT molecular complexity index is 556. The highest BCUT2D eigenvalue weighted by molar-refractivity contribution is 8.00. The second-order valence-corrected chi connectivity index (χ2v) is 7.89. The predicted molar refractivity (Wildman–Crippen MR) is 80.2 cm³/mol. The molecule has 2 atom stereocenters. The molecule has 0 saturated carbocycles. The monoisotopic (exact) mass is 311 g/mol. The van der Waals surface area contributed by atoms with Crippen LogP contribution in [-0.2, 0) is 16.0 Å². The summed E-state index contributed by atoms with van der Waals surface area (Å²) >= 11 is 3.40. The number of rotatable bonds is 2. The molecule has 0 radical (unpaired) electrons. The second kappa shape index (κ2) is 5.07. The normalized spacial score (nSPS) is 29.2. The van der Waals surface area contributed by atoms with Crippen LogP contribution in [0, 0.1) is 5.41 Å². The van der Waals surface area contributed by atoms with Gasteiger partial charge in [0.1, 0.15) is 5.25 Å². The summed E-state index contributed by atoms with van der Waals surface area (Å²) in [6.45, 7) is 2.61. The lowest BCUT2D eigenvalue weighted by Gasteiger charge is -2.27. The number of aliphatic carboxylic acids is 1. The molecule has 4 nitrogen and oxygen atoms in total. The Balaban J connectivity index is 1.77. The molecule has 1 aromatic heterocycles. The number of hydrogen-bond acceptors (Lipinski definition) is 4. The number of aryl methyl sites for hydroxylation is 1. The van der Waals surface area contributed by atoms with E-state index < -0.39 is 11.4 Å². The molecule has 0 unspecified atom stereocenters. The first-order valence-electron chi connectivity index (χ1n) is 6.71. The molecule has 1 amide bonds. The summed E-state index contributed by atoms with van der Waals surface area (Å²) in [4.78, 5) is 27.0. The standard InChI is InChI=1S/C14H17NO3S2/c1-14(13(17)18)4-5-15(8-14)12(16)11-9-2-6-19-10(9)3-7-20-11/h2,6,11H,3-5,7-8H2,1H3,(H,17,18)/t11-,14-/m1/s1. The van der Waals surface area contributed by atoms with E-state index in [1.54, 1.807) is 34.9 Å². The van der Waals surface area contributed by atoms with Gasteiger partial charge < -0.3 is 10.0 Å². The van der Waals surface area contributed by atoms with Crippen molar-refractivity contribution >= 4 is 35.0 Å². The van der Waals surface area contributed by atoms with Crippen LogP contribution in [0.4, 0.5) is 0 Å². The van der Waals surface area contributed by atoms with Crippen molar-refractivity contribution in [3.8, 4) is 0 Å². The lowest BCUT2D eigenvalue weighted by atomic mass is 9.90. The van der Waals surface area contributed by atoms with E-state index in [-0.39, 0.29) is 11.2 Å². The summed E-state index contributed by atoms with van der Waals surface area (Å²) in [6, 6.07) is 2.04. The van der Waals surface area contributed by atoms with Gasteiger partial charge >= 0.3 is 5.97 Å². The smallest absolute Gasteiger partial charge is 0.311 e. The maximum atomic E-state index is 12.7. The first-order chi connectivity index (χ1) is 9.51. The molecule has 1 N–H and O–H groups in total.